The first-order valence-electron chi connectivity index (χ1n) is 4.98. The van der Waals surface area contributed by atoms with E-state index >= 15 is 0 Å². The number of hydrogen-bond donors (Lipinski definition) is 4. The molecule has 0 saturated heterocycles. The molecule has 15 heavy (non-hydrogen) atoms. The molecule has 1 aliphatic rings. The Morgan fingerprint density at radius 1 is 1.53 bits per heavy atom. The maximum absolute atomic E-state index is 10.3. The molecule has 0 radical (unpaired) electrons. The standard InChI is InChI=1S/C5H6N2O.C5H11NO/c6-5(8)4-2-1-3-7-4;6-4-2-1-3-5(4)7/h1-3,7H,(H2,6,8);4-5,7H,1-3,6H2/t;4-,5+/m.0/s1. The molecule has 0 aliphatic heterocycles. The van der Waals surface area contributed by atoms with Gasteiger partial charge in [-0.2, -0.15) is 0 Å². The van der Waals surface area contributed by atoms with Crippen LogP contribution in [0.25, 0.3) is 0 Å². The predicted octanol–water partition coefficient (Wildman–Crippen LogP) is -0.0279. The van der Waals surface area contributed by atoms with Crippen LogP contribution in [-0.4, -0.2) is 28.1 Å². The van der Waals surface area contributed by atoms with Crippen LogP contribution in [0.4, 0.5) is 0 Å². The predicted molar refractivity (Wildman–Crippen MR) is 57.1 cm³/mol. The number of primary amides is 1. The minimum Gasteiger partial charge on any atom is -0.392 e. The van der Waals surface area contributed by atoms with E-state index in [1.807, 2.05) is 0 Å². The van der Waals surface area contributed by atoms with Gasteiger partial charge in [0.1, 0.15) is 5.69 Å². The summed E-state index contributed by atoms with van der Waals surface area (Å²) in [5.41, 5.74) is 10.8. The summed E-state index contributed by atoms with van der Waals surface area (Å²) in [7, 11) is 0. The van der Waals surface area contributed by atoms with Gasteiger partial charge in [0, 0.05) is 12.2 Å². The molecule has 5 heteroatoms. The van der Waals surface area contributed by atoms with Gasteiger partial charge in [-0.1, -0.05) is 0 Å². The molecule has 2 rings (SSSR count). The van der Waals surface area contributed by atoms with E-state index in [0.29, 0.717) is 5.69 Å². The summed E-state index contributed by atoms with van der Waals surface area (Å²) in [5.74, 6) is -0.421. The zero-order chi connectivity index (χ0) is 11.3. The number of rotatable bonds is 1. The van der Waals surface area contributed by atoms with Crippen LogP contribution in [0.3, 0.4) is 0 Å². The third kappa shape index (κ3) is 3.73. The van der Waals surface area contributed by atoms with Crippen LogP contribution in [0.5, 0.6) is 0 Å². The van der Waals surface area contributed by atoms with E-state index in [-0.39, 0.29) is 12.1 Å². The van der Waals surface area contributed by atoms with Crippen LogP contribution >= 0.6 is 0 Å². The summed E-state index contributed by atoms with van der Waals surface area (Å²) in [6.07, 6.45) is 4.45. The van der Waals surface area contributed by atoms with Crippen LogP contribution in [0, 0.1) is 0 Å². The minimum absolute atomic E-state index is 0.0694. The fourth-order valence-electron chi connectivity index (χ4n) is 1.45. The van der Waals surface area contributed by atoms with Gasteiger partial charge in [0.2, 0.25) is 0 Å². The Hall–Kier alpha value is -1.33. The number of aromatic nitrogens is 1. The molecule has 1 heterocycles. The molecule has 84 valence electrons. The number of nitrogens with one attached hydrogen (secondary N) is 1. The second-order valence-corrected chi connectivity index (χ2v) is 3.61. The maximum Gasteiger partial charge on any atom is 0.265 e. The number of hydrogen-bond acceptors (Lipinski definition) is 3. The molecule has 1 aliphatic carbocycles. The largest absolute Gasteiger partial charge is 0.392 e. The fraction of sp³-hybridized carbons (Fsp3) is 0.500. The first-order chi connectivity index (χ1) is 7.11. The van der Waals surface area contributed by atoms with Gasteiger partial charge in [-0.05, 0) is 31.4 Å². The first kappa shape index (κ1) is 11.7. The lowest BCUT2D eigenvalue weighted by molar-refractivity contribution is 0.0996. The molecule has 1 saturated carbocycles. The average Bonchev–Trinajstić information content (AvgIpc) is 2.80. The summed E-state index contributed by atoms with van der Waals surface area (Å²) >= 11 is 0. The van der Waals surface area contributed by atoms with Crippen molar-refractivity contribution in [2.24, 2.45) is 11.5 Å². The first-order valence-corrected chi connectivity index (χ1v) is 4.98. The zero-order valence-corrected chi connectivity index (χ0v) is 8.52. The molecule has 6 N–H and O–H groups in total. The molecular weight excluding hydrogens is 194 g/mol. The van der Waals surface area contributed by atoms with E-state index in [9.17, 15) is 4.79 Å². The molecule has 2 atom stereocenters. The molecule has 1 amide bonds. The highest BCUT2D eigenvalue weighted by Crippen LogP contribution is 2.15. The second kappa shape index (κ2) is 5.53. The molecule has 0 bridgehead atoms. The Morgan fingerprint density at radius 3 is 2.47 bits per heavy atom. The van der Waals surface area contributed by atoms with Gasteiger partial charge in [-0.25, -0.2) is 0 Å². The molecule has 5 nitrogen and oxygen atoms in total. The Balaban J connectivity index is 0.000000151. The molecular formula is C10H17N3O2. The zero-order valence-electron chi connectivity index (χ0n) is 8.52. The number of carbonyl (C=O) groups is 1. The summed E-state index contributed by atoms with van der Waals surface area (Å²) in [6, 6.07) is 3.42. The number of aliphatic hydroxyl groups excluding tert-OH is 1. The van der Waals surface area contributed by atoms with Gasteiger partial charge < -0.3 is 21.6 Å². The molecule has 1 fully saturated rings. The van der Waals surface area contributed by atoms with E-state index in [1.165, 1.54) is 0 Å². The Bertz CT molecular complexity index is 290. The molecule has 0 unspecified atom stereocenters. The molecule has 1 aromatic rings. The molecule has 1 aromatic heterocycles. The van der Waals surface area contributed by atoms with Crippen molar-refractivity contribution >= 4 is 5.91 Å². The highest BCUT2D eigenvalue weighted by atomic mass is 16.3. The summed E-state index contributed by atoms with van der Waals surface area (Å²) < 4.78 is 0. The number of aromatic amines is 1. The van der Waals surface area contributed by atoms with Gasteiger partial charge >= 0.3 is 0 Å². The molecule has 0 aromatic carbocycles. The van der Waals surface area contributed by atoms with E-state index in [0.717, 1.165) is 19.3 Å². The topological polar surface area (TPSA) is 105 Å². The number of amides is 1. The summed E-state index contributed by atoms with van der Waals surface area (Å²) in [4.78, 5) is 12.9. The van der Waals surface area contributed by atoms with E-state index in [4.69, 9.17) is 16.6 Å². The second-order valence-electron chi connectivity index (χ2n) is 3.61. The number of aliphatic hydroxyl groups is 1. The van der Waals surface area contributed by atoms with Crippen molar-refractivity contribution < 1.29 is 9.90 Å². The van der Waals surface area contributed by atoms with Crippen molar-refractivity contribution in [3.63, 3.8) is 0 Å². The van der Waals surface area contributed by atoms with Crippen molar-refractivity contribution in [3.05, 3.63) is 24.0 Å². The Labute approximate surface area is 88.5 Å². The Morgan fingerprint density at radius 2 is 2.27 bits per heavy atom. The van der Waals surface area contributed by atoms with Crippen LogP contribution in [-0.2, 0) is 0 Å². The van der Waals surface area contributed by atoms with Crippen LogP contribution in [0.1, 0.15) is 29.8 Å². The minimum atomic E-state index is -0.421. The molecule has 0 spiro atoms. The maximum atomic E-state index is 10.3. The number of nitrogens with two attached hydrogens (primary N) is 2. The third-order valence-electron chi connectivity index (χ3n) is 2.39. The van der Waals surface area contributed by atoms with Crippen molar-refractivity contribution in [2.45, 2.75) is 31.4 Å². The highest BCUT2D eigenvalue weighted by Gasteiger charge is 2.20. The number of carbonyl (C=O) groups excluding carboxylic acids is 1. The lowest BCUT2D eigenvalue weighted by Gasteiger charge is -2.04. The van der Waals surface area contributed by atoms with Gasteiger partial charge in [0.15, 0.2) is 0 Å². The lowest BCUT2D eigenvalue weighted by Crippen LogP contribution is -2.28. The van der Waals surface area contributed by atoms with Gasteiger partial charge in [-0.15, -0.1) is 0 Å². The average molecular weight is 211 g/mol. The van der Waals surface area contributed by atoms with Crippen LogP contribution in [0.15, 0.2) is 18.3 Å². The normalized spacial score (nSPS) is 24.4. The van der Waals surface area contributed by atoms with E-state index < -0.39 is 5.91 Å². The van der Waals surface area contributed by atoms with Crippen LogP contribution < -0.4 is 11.5 Å². The van der Waals surface area contributed by atoms with Crippen LogP contribution in [0.2, 0.25) is 0 Å². The van der Waals surface area contributed by atoms with Gasteiger partial charge in [0.25, 0.3) is 5.91 Å². The van der Waals surface area contributed by atoms with Crippen molar-refractivity contribution in [2.75, 3.05) is 0 Å². The van der Waals surface area contributed by atoms with Gasteiger partial charge in [-0.3, -0.25) is 4.79 Å². The fourth-order valence-corrected chi connectivity index (χ4v) is 1.45. The third-order valence-corrected chi connectivity index (χ3v) is 2.39. The monoisotopic (exact) mass is 211 g/mol. The smallest absolute Gasteiger partial charge is 0.265 e. The van der Waals surface area contributed by atoms with Crippen molar-refractivity contribution in [3.8, 4) is 0 Å². The highest BCUT2D eigenvalue weighted by molar-refractivity contribution is 5.90. The van der Waals surface area contributed by atoms with E-state index in [2.05, 4.69) is 4.98 Å². The number of H-pyrrole nitrogens is 1. The van der Waals surface area contributed by atoms with Crippen molar-refractivity contribution in [1.29, 1.82) is 0 Å². The lowest BCUT2D eigenvalue weighted by atomic mass is 10.2. The SMILES string of the molecule is NC(=O)c1ccc[nH]1.N[C@H]1CCC[C@H]1O. The summed E-state index contributed by atoms with van der Waals surface area (Å²) in [5, 5.41) is 8.87. The van der Waals surface area contributed by atoms with E-state index in [1.54, 1.807) is 18.3 Å². The quantitative estimate of drug-likeness (QED) is 0.524. The van der Waals surface area contributed by atoms with Gasteiger partial charge in [0.05, 0.1) is 6.10 Å². The van der Waals surface area contributed by atoms with Crippen molar-refractivity contribution in [1.82, 2.24) is 4.98 Å². The summed E-state index contributed by atoms with van der Waals surface area (Å²) in [6.45, 7) is 0. The Kier molecular flexibility index (Phi) is 4.33.